The van der Waals surface area contributed by atoms with Crippen molar-refractivity contribution < 1.29 is 5.11 Å². The van der Waals surface area contributed by atoms with Gasteiger partial charge in [0.25, 0.3) is 5.56 Å². The molecule has 0 bridgehead atoms. The van der Waals surface area contributed by atoms with Gasteiger partial charge in [0.2, 0.25) is 0 Å². The zero-order valence-electron chi connectivity index (χ0n) is 13.4. The van der Waals surface area contributed by atoms with E-state index in [2.05, 4.69) is 25.0 Å². The molecule has 2 N–H and O–H groups in total. The molecule has 0 aromatic carbocycles. The van der Waals surface area contributed by atoms with Crippen molar-refractivity contribution in [3.63, 3.8) is 0 Å². The molecule has 24 heavy (non-hydrogen) atoms. The monoisotopic (exact) mass is 349 g/mol. The van der Waals surface area contributed by atoms with Gasteiger partial charge in [-0.1, -0.05) is 17.7 Å². The van der Waals surface area contributed by atoms with E-state index < -0.39 is 6.10 Å². The maximum atomic E-state index is 11.6. The van der Waals surface area contributed by atoms with Gasteiger partial charge in [0, 0.05) is 38.9 Å². The highest BCUT2D eigenvalue weighted by Gasteiger charge is 2.21. The molecule has 0 saturated carbocycles. The molecule has 8 heteroatoms. The Kier molecular flexibility index (Phi) is 5.13. The molecule has 1 aliphatic rings. The van der Waals surface area contributed by atoms with E-state index in [1.165, 1.54) is 0 Å². The van der Waals surface area contributed by atoms with E-state index in [0.29, 0.717) is 5.69 Å². The van der Waals surface area contributed by atoms with Gasteiger partial charge in [0.05, 0.1) is 23.7 Å². The molecule has 1 saturated heterocycles. The van der Waals surface area contributed by atoms with E-state index in [9.17, 15) is 9.90 Å². The van der Waals surface area contributed by atoms with Crippen LogP contribution in [0.3, 0.4) is 0 Å². The van der Waals surface area contributed by atoms with Crippen molar-refractivity contribution in [3.05, 3.63) is 51.2 Å². The van der Waals surface area contributed by atoms with Crippen LogP contribution in [0.5, 0.6) is 0 Å². The fourth-order valence-electron chi connectivity index (χ4n) is 2.94. The maximum absolute atomic E-state index is 11.6. The van der Waals surface area contributed by atoms with Crippen LogP contribution in [0.15, 0.2) is 29.3 Å². The number of rotatable bonds is 4. The molecule has 2 aromatic heterocycles. The Hall–Kier alpha value is -1.96. The Labute approximate surface area is 144 Å². The molecule has 0 amide bonds. The van der Waals surface area contributed by atoms with Crippen LogP contribution in [0.4, 0.5) is 5.69 Å². The standard InChI is InChI=1S/C16H20ClN5O2/c1-11(23)15-12(3-2-4-18-15)10-21-5-7-22(8-6-21)13-9-19-20-16(24)14(13)17/h2-4,9,11,23H,5-8,10H2,1H3,(H,20,24)/t11-/m1/s1. The molecule has 0 spiro atoms. The number of pyridine rings is 1. The number of H-pyrrole nitrogens is 1. The number of anilines is 1. The summed E-state index contributed by atoms with van der Waals surface area (Å²) in [7, 11) is 0. The lowest BCUT2D eigenvalue weighted by molar-refractivity contribution is 0.188. The van der Waals surface area contributed by atoms with Crippen LogP contribution in [-0.4, -0.2) is 51.4 Å². The van der Waals surface area contributed by atoms with E-state index in [4.69, 9.17) is 11.6 Å². The van der Waals surface area contributed by atoms with Crippen molar-refractivity contribution in [1.82, 2.24) is 20.1 Å². The van der Waals surface area contributed by atoms with Gasteiger partial charge in [-0.3, -0.25) is 14.7 Å². The van der Waals surface area contributed by atoms with Gasteiger partial charge in [0.1, 0.15) is 5.02 Å². The Morgan fingerprint density at radius 1 is 1.38 bits per heavy atom. The Bertz CT molecular complexity index is 756. The summed E-state index contributed by atoms with van der Waals surface area (Å²) in [5.74, 6) is 0. The number of nitrogens with one attached hydrogen (secondary N) is 1. The van der Waals surface area contributed by atoms with E-state index >= 15 is 0 Å². The molecule has 0 radical (unpaired) electrons. The van der Waals surface area contributed by atoms with Crippen molar-refractivity contribution in [1.29, 1.82) is 0 Å². The lowest BCUT2D eigenvalue weighted by atomic mass is 10.1. The van der Waals surface area contributed by atoms with Crippen LogP contribution in [-0.2, 0) is 6.54 Å². The normalized spacial score (nSPS) is 17.0. The van der Waals surface area contributed by atoms with Crippen molar-refractivity contribution in [2.45, 2.75) is 19.6 Å². The molecule has 0 aliphatic carbocycles. The van der Waals surface area contributed by atoms with Gasteiger partial charge in [-0.2, -0.15) is 5.10 Å². The summed E-state index contributed by atoms with van der Waals surface area (Å²) in [6.07, 6.45) is 2.71. The molecule has 3 rings (SSSR count). The summed E-state index contributed by atoms with van der Waals surface area (Å²) in [4.78, 5) is 20.2. The summed E-state index contributed by atoms with van der Waals surface area (Å²) in [5, 5.41) is 16.2. The second-order valence-electron chi connectivity index (χ2n) is 5.89. The molecule has 2 aromatic rings. The minimum atomic E-state index is -0.580. The number of aromatic nitrogens is 3. The van der Waals surface area contributed by atoms with Gasteiger partial charge in [-0.25, -0.2) is 5.10 Å². The number of hydrogen-bond donors (Lipinski definition) is 2. The molecule has 128 valence electrons. The fourth-order valence-corrected chi connectivity index (χ4v) is 3.15. The Balaban J connectivity index is 1.66. The van der Waals surface area contributed by atoms with Crippen molar-refractivity contribution in [3.8, 4) is 0 Å². The quantitative estimate of drug-likeness (QED) is 0.862. The minimum absolute atomic E-state index is 0.183. The number of aromatic amines is 1. The van der Waals surface area contributed by atoms with Crippen LogP contribution < -0.4 is 10.5 Å². The smallest absolute Gasteiger partial charge is 0.285 e. The zero-order valence-corrected chi connectivity index (χ0v) is 14.2. The van der Waals surface area contributed by atoms with Gasteiger partial charge >= 0.3 is 0 Å². The SMILES string of the molecule is C[C@@H](O)c1ncccc1CN1CCN(c2cn[nH]c(=O)c2Cl)CC1. The maximum Gasteiger partial charge on any atom is 0.285 e. The Morgan fingerprint density at radius 2 is 2.12 bits per heavy atom. The highest BCUT2D eigenvalue weighted by Crippen LogP contribution is 2.23. The number of aliphatic hydroxyl groups is 1. The van der Waals surface area contributed by atoms with E-state index in [1.807, 2.05) is 12.1 Å². The third-order valence-corrected chi connectivity index (χ3v) is 4.57. The average molecular weight is 350 g/mol. The summed E-state index contributed by atoms with van der Waals surface area (Å²) >= 11 is 6.07. The third-order valence-electron chi connectivity index (χ3n) is 4.21. The molecular formula is C16H20ClN5O2. The van der Waals surface area contributed by atoms with E-state index in [-0.39, 0.29) is 10.6 Å². The lowest BCUT2D eigenvalue weighted by Gasteiger charge is -2.36. The predicted octanol–water partition coefficient (Wildman–Crippen LogP) is 1.19. The first-order chi connectivity index (χ1) is 11.6. The zero-order chi connectivity index (χ0) is 17.1. The molecule has 1 atom stereocenters. The first-order valence-corrected chi connectivity index (χ1v) is 8.26. The second-order valence-corrected chi connectivity index (χ2v) is 6.26. The fraction of sp³-hybridized carbons (Fsp3) is 0.438. The average Bonchev–Trinajstić information content (AvgIpc) is 2.58. The highest BCUT2D eigenvalue weighted by molar-refractivity contribution is 6.32. The lowest BCUT2D eigenvalue weighted by Crippen LogP contribution is -2.46. The summed E-state index contributed by atoms with van der Waals surface area (Å²) in [6, 6.07) is 3.89. The molecular weight excluding hydrogens is 330 g/mol. The number of aliphatic hydroxyl groups excluding tert-OH is 1. The number of hydrogen-bond acceptors (Lipinski definition) is 6. The van der Waals surface area contributed by atoms with Crippen LogP contribution in [0.25, 0.3) is 0 Å². The predicted molar refractivity (Wildman–Crippen MR) is 92.2 cm³/mol. The first-order valence-electron chi connectivity index (χ1n) is 7.88. The molecule has 0 unspecified atom stereocenters. The largest absolute Gasteiger partial charge is 0.387 e. The summed E-state index contributed by atoms with van der Waals surface area (Å²) in [6.45, 7) is 5.65. The number of nitrogens with zero attached hydrogens (tertiary/aromatic N) is 4. The van der Waals surface area contributed by atoms with Gasteiger partial charge in [0.15, 0.2) is 0 Å². The van der Waals surface area contributed by atoms with Crippen LogP contribution in [0.1, 0.15) is 24.3 Å². The first kappa shape index (κ1) is 16.9. The van der Waals surface area contributed by atoms with Crippen molar-refractivity contribution in [2.75, 3.05) is 31.1 Å². The second kappa shape index (κ2) is 7.29. The van der Waals surface area contributed by atoms with E-state index in [1.54, 1.807) is 19.3 Å². The molecule has 1 fully saturated rings. The number of piperazine rings is 1. The van der Waals surface area contributed by atoms with E-state index in [0.717, 1.165) is 44.0 Å². The molecule has 3 heterocycles. The summed E-state index contributed by atoms with van der Waals surface area (Å²) < 4.78 is 0. The van der Waals surface area contributed by atoms with Gasteiger partial charge in [-0.05, 0) is 18.6 Å². The van der Waals surface area contributed by atoms with Crippen LogP contribution >= 0.6 is 11.6 Å². The topological polar surface area (TPSA) is 85.3 Å². The summed E-state index contributed by atoms with van der Waals surface area (Å²) in [5.41, 5.74) is 2.07. The highest BCUT2D eigenvalue weighted by atomic mass is 35.5. The third kappa shape index (κ3) is 3.58. The van der Waals surface area contributed by atoms with Gasteiger partial charge < -0.3 is 10.0 Å². The number of halogens is 1. The van der Waals surface area contributed by atoms with Crippen molar-refractivity contribution in [2.24, 2.45) is 0 Å². The minimum Gasteiger partial charge on any atom is -0.387 e. The van der Waals surface area contributed by atoms with Crippen LogP contribution in [0.2, 0.25) is 5.02 Å². The molecule has 7 nitrogen and oxygen atoms in total. The van der Waals surface area contributed by atoms with Crippen LogP contribution in [0, 0.1) is 0 Å². The molecule has 1 aliphatic heterocycles. The van der Waals surface area contributed by atoms with Gasteiger partial charge in [-0.15, -0.1) is 0 Å². The Morgan fingerprint density at radius 3 is 2.83 bits per heavy atom. The van der Waals surface area contributed by atoms with Crippen molar-refractivity contribution >= 4 is 17.3 Å².